The summed E-state index contributed by atoms with van der Waals surface area (Å²) in [6.45, 7) is 1.93. The van der Waals surface area contributed by atoms with Crippen molar-refractivity contribution in [2.75, 3.05) is 0 Å². The first-order valence-corrected chi connectivity index (χ1v) is 8.99. The lowest BCUT2D eigenvalue weighted by molar-refractivity contribution is -0.121. The molecule has 1 aliphatic heterocycles. The van der Waals surface area contributed by atoms with E-state index in [-0.39, 0.29) is 5.91 Å². The number of amides is 1. The van der Waals surface area contributed by atoms with Crippen molar-refractivity contribution in [1.29, 1.82) is 5.26 Å². The van der Waals surface area contributed by atoms with Gasteiger partial charge in [-0.1, -0.05) is 30.3 Å². The molecule has 5 heteroatoms. The van der Waals surface area contributed by atoms with Crippen LogP contribution in [-0.4, -0.2) is 17.1 Å². The molecule has 23 heavy (non-hydrogen) atoms. The zero-order chi connectivity index (χ0) is 16.0. The molecule has 1 saturated heterocycles. The number of nitriles is 1. The zero-order valence-corrected chi connectivity index (χ0v) is 13.9. The topological polar surface area (TPSA) is 65.2 Å². The molecule has 2 saturated carbocycles. The summed E-state index contributed by atoms with van der Waals surface area (Å²) in [5.41, 5.74) is 1.52. The molecule has 1 heterocycles. The first kappa shape index (κ1) is 14.8. The fourth-order valence-electron chi connectivity index (χ4n) is 4.11. The van der Waals surface area contributed by atoms with Crippen LogP contribution in [0.5, 0.6) is 0 Å². The van der Waals surface area contributed by atoms with Gasteiger partial charge >= 0.3 is 0 Å². The minimum absolute atomic E-state index is 0.0193. The van der Waals surface area contributed by atoms with E-state index in [1.54, 1.807) is 12.1 Å². The molecule has 2 bridgehead atoms. The summed E-state index contributed by atoms with van der Waals surface area (Å²) in [5.74, 6) is 1.54. The molecule has 0 radical (unpaired) electrons. The number of nitrogens with zero attached hydrogens (tertiary/aromatic N) is 2. The Kier molecular flexibility index (Phi) is 3.46. The number of aliphatic imine (C=N–C) groups is 1. The average molecular weight is 325 g/mol. The van der Waals surface area contributed by atoms with Crippen molar-refractivity contribution in [1.82, 2.24) is 5.32 Å². The predicted molar refractivity (Wildman–Crippen MR) is 90.9 cm³/mol. The predicted octanol–water partition coefficient (Wildman–Crippen LogP) is 3.18. The zero-order valence-electron chi connectivity index (χ0n) is 13.1. The summed E-state index contributed by atoms with van der Waals surface area (Å²) >= 11 is 1.51. The van der Waals surface area contributed by atoms with Crippen LogP contribution in [0.4, 0.5) is 0 Å². The molecular weight excluding hydrogens is 306 g/mol. The van der Waals surface area contributed by atoms with Crippen molar-refractivity contribution in [2.45, 2.75) is 43.4 Å². The number of amidine groups is 1. The fraction of sp³-hybridized carbons (Fsp3) is 0.500. The van der Waals surface area contributed by atoms with Gasteiger partial charge in [-0.2, -0.15) is 5.26 Å². The second-order valence-corrected chi connectivity index (χ2v) is 8.36. The molecule has 1 aromatic carbocycles. The SMILES string of the molecule is CC1(c2ccc(C#N)cc2)SC(=NC2CC3CCC2C3)NC1=O. The molecule has 1 N–H and O–H groups in total. The van der Waals surface area contributed by atoms with Crippen molar-refractivity contribution in [3.63, 3.8) is 0 Å². The largest absolute Gasteiger partial charge is 0.304 e. The van der Waals surface area contributed by atoms with Crippen molar-refractivity contribution in [3.05, 3.63) is 35.4 Å². The lowest BCUT2D eigenvalue weighted by atomic mass is 9.96. The Bertz CT molecular complexity index is 721. The minimum Gasteiger partial charge on any atom is -0.304 e. The van der Waals surface area contributed by atoms with Gasteiger partial charge in [0, 0.05) is 0 Å². The first-order valence-electron chi connectivity index (χ1n) is 8.17. The first-order chi connectivity index (χ1) is 11.1. The molecule has 4 rings (SSSR count). The van der Waals surface area contributed by atoms with Gasteiger partial charge in [-0.25, -0.2) is 0 Å². The van der Waals surface area contributed by atoms with Crippen LogP contribution < -0.4 is 5.32 Å². The molecular formula is C18H19N3OS. The van der Waals surface area contributed by atoms with Gasteiger partial charge in [0.15, 0.2) is 5.17 Å². The van der Waals surface area contributed by atoms with Gasteiger partial charge in [0.25, 0.3) is 0 Å². The van der Waals surface area contributed by atoms with Crippen LogP contribution in [0.1, 0.15) is 43.7 Å². The average Bonchev–Trinajstić information content (AvgIpc) is 3.24. The van der Waals surface area contributed by atoms with E-state index in [9.17, 15) is 4.79 Å². The van der Waals surface area contributed by atoms with Crippen LogP contribution >= 0.6 is 11.8 Å². The number of hydrogen-bond donors (Lipinski definition) is 1. The molecule has 4 nitrogen and oxygen atoms in total. The molecule has 4 atom stereocenters. The smallest absolute Gasteiger partial charge is 0.246 e. The number of nitrogens with one attached hydrogen (secondary N) is 1. The van der Waals surface area contributed by atoms with E-state index in [1.165, 1.54) is 37.4 Å². The third kappa shape index (κ3) is 2.46. The molecule has 2 aliphatic carbocycles. The third-order valence-corrected chi connectivity index (χ3v) is 6.73. The maximum atomic E-state index is 12.5. The summed E-state index contributed by atoms with van der Waals surface area (Å²) in [4.78, 5) is 17.4. The van der Waals surface area contributed by atoms with Crippen LogP contribution in [0.25, 0.3) is 0 Å². The monoisotopic (exact) mass is 325 g/mol. The van der Waals surface area contributed by atoms with E-state index in [0.717, 1.165) is 16.6 Å². The second kappa shape index (κ2) is 5.38. The maximum Gasteiger partial charge on any atom is 0.246 e. The molecule has 0 spiro atoms. The standard InChI is InChI=1S/C18H19N3OS/c1-18(14-6-3-11(10-19)4-7-14)16(22)21-17(23-18)20-15-9-12-2-5-13(15)8-12/h3-4,6-7,12-13,15H,2,5,8-9H2,1H3,(H,20,21,22). The minimum atomic E-state index is -0.662. The van der Waals surface area contributed by atoms with Gasteiger partial charge < -0.3 is 5.32 Å². The number of hydrogen-bond acceptors (Lipinski definition) is 4. The Balaban J connectivity index is 1.56. The van der Waals surface area contributed by atoms with Crippen LogP contribution in [0.2, 0.25) is 0 Å². The molecule has 1 aromatic rings. The van der Waals surface area contributed by atoms with Gasteiger partial charge in [0.1, 0.15) is 4.75 Å². The van der Waals surface area contributed by atoms with Gasteiger partial charge in [-0.05, 0) is 55.7 Å². The van der Waals surface area contributed by atoms with Crippen molar-refractivity contribution in [2.24, 2.45) is 16.8 Å². The van der Waals surface area contributed by atoms with Gasteiger partial charge in [0.2, 0.25) is 5.91 Å². The highest BCUT2D eigenvalue weighted by molar-refractivity contribution is 8.15. The molecule has 0 aromatic heterocycles. The summed E-state index contributed by atoms with van der Waals surface area (Å²) < 4.78 is -0.662. The van der Waals surface area contributed by atoms with Gasteiger partial charge in [-0.15, -0.1) is 0 Å². The highest BCUT2D eigenvalue weighted by Gasteiger charge is 2.45. The number of fused-ring (bicyclic) bond motifs is 2. The maximum absolute atomic E-state index is 12.5. The van der Waals surface area contributed by atoms with E-state index >= 15 is 0 Å². The van der Waals surface area contributed by atoms with Crippen LogP contribution in [0.3, 0.4) is 0 Å². The van der Waals surface area contributed by atoms with Crippen molar-refractivity contribution in [3.8, 4) is 6.07 Å². The summed E-state index contributed by atoms with van der Waals surface area (Å²) in [7, 11) is 0. The van der Waals surface area contributed by atoms with Crippen molar-refractivity contribution >= 4 is 22.8 Å². The number of benzene rings is 1. The van der Waals surface area contributed by atoms with Crippen LogP contribution in [0, 0.1) is 23.2 Å². The Morgan fingerprint density at radius 1 is 1.30 bits per heavy atom. The Morgan fingerprint density at radius 3 is 2.70 bits per heavy atom. The number of carbonyl (C=O) groups is 1. The van der Waals surface area contributed by atoms with E-state index < -0.39 is 4.75 Å². The summed E-state index contributed by atoms with van der Waals surface area (Å²) in [5, 5.41) is 12.6. The van der Waals surface area contributed by atoms with E-state index in [4.69, 9.17) is 10.3 Å². The van der Waals surface area contributed by atoms with E-state index in [2.05, 4.69) is 11.4 Å². The number of rotatable bonds is 2. The lowest BCUT2D eigenvalue weighted by Crippen LogP contribution is -2.32. The highest BCUT2D eigenvalue weighted by Crippen LogP contribution is 2.47. The van der Waals surface area contributed by atoms with Gasteiger partial charge in [-0.3, -0.25) is 9.79 Å². The number of carbonyl (C=O) groups excluding carboxylic acids is 1. The third-order valence-electron chi connectivity index (χ3n) is 5.50. The molecule has 3 fully saturated rings. The molecule has 118 valence electrons. The Hall–Kier alpha value is -1.80. The molecule has 3 aliphatic rings. The highest BCUT2D eigenvalue weighted by atomic mass is 32.2. The van der Waals surface area contributed by atoms with E-state index in [0.29, 0.717) is 17.5 Å². The van der Waals surface area contributed by atoms with Gasteiger partial charge in [0.05, 0.1) is 17.7 Å². The summed E-state index contributed by atoms with van der Waals surface area (Å²) in [6.07, 6.45) is 5.14. The Labute approximate surface area is 140 Å². The summed E-state index contributed by atoms with van der Waals surface area (Å²) in [6, 6.07) is 9.76. The molecule has 1 amide bonds. The van der Waals surface area contributed by atoms with Crippen LogP contribution in [0.15, 0.2) is 29.3 Å². The number of thioether (sulfide) groups is 1. The van der Waals surface area contributed by atoms with Crippen molar-refractivity contribution < 1.29 is 4.79 Å². The quantitative estimate of drug-likeness (QED) is 0.908. The normalized spacial score (nSPS) is 37.1. The van der Waals surface area contributed by atoms with E-state index in [1.807, 2.05) is 19.1 Å². The molecule has 4 unspecified atom stereocenters. The lowest BCUT2D eigenvalue weighted by Gasteiger charge is -2.20. The second-order valence-electron chi connectivity index (χ2n) is 6.96. The Morgan fingerprint density at radius 2 is 2.09 bits per heavy atom. The fourth-order valence-corrected chi connectivity index (χ4v) is 5.23. The van der Waals surface area contributed by atoms with Crippen LogP contribution in [-0.2, 0) is 9.54 Å².